The lowest BCUT2D eigenvalue weighted by Crippen LogP contribution is -2.18. The first kappa shape index (κ1) is 17.8. The average Bonchev–Trinajstić information content (AvgIpc) is 2.40. The maximum absolute atomic E-state index is 11.8. The SMILES string of the molecule is CC(N)CCc1ccc(OCCCOCC(F)(F)F)cc1. The minimum Gasteiger partial charge on any atom is -0.494 e. The van der Waals surface area contributed by atoms with E-state index >= 15 is 0 Å². The summed E-state index contributed by atoms with van der Waals surface area (Å²) in [4.78, 5) is 0. The molecule has 1 rings (SSSR count). The molecular formula is C15H22F3NO2. The zero-order valence-corrected chi connectivity index (χ0v) is 12.2. The lowest BCUT2D eigenvalue weighted by molar-refractivity contribution is -0.174. The molecule has 2 N–H and O–H groups in total. The highest BCUT2D eigenvalue weighted by Crippen LogP contribution is 2.15. The van der Waals surface area contributed by atoms with Gasteiger partial charge in [-0.2, -0.15) is 13.2 Å². The summed E-state index contributed by atoms with van der Waals surface area (Å²) in [5.41, 5.74) is 6.88. The second kappa shape index (κ2) is 8.89. The second-order valence-electron chi connectivity index (χ2n) is 5.03. The van der Waals surface area contributed by atoms with Gasteiger partial charge in [0, 0.05) is 12.5 Å². The van der Waals surface area contributed by atoms with Gasteiger partial charge in [-0.15, -0.1) is 0 Å². The predicted molar refractivity (Wildman–Crippen MR) is 75.4 cm³/mol. The molecule has 0 spiro atoms. The molecule has 120 valence electrons. The van der Waals surface area contributed by atoms with Crippen molar-refractivity contribution in [1.82, 2.24) is 0 Å². The zero-order valence-electron chi connectivity index (χ0n) is 12.2. The molecule has 1 aromatic carbocycles. The highest BCUT2D eigenvalue weighted by Gasteiger charge is 2.27. The van der Waals surface area contributed by atoms with Crippen LogP contribution in [0.5, 0.6) is 5.75 Å². The Kier molecular flexibility index (Phi) is 7.53. The maximum atomic E-state index is 11.8. The zero-order chi connectivity index (χ0) is 15.7. The molecule has 0 saturated carbocycles. The Labute approximate surface area is 123 Å². The molecule has 0 aromatic heterocycles. The predicted octanol–water partition coefficient (Wildman–Crippen LogP) is 3.31. The smallest absolute Gasteiger partial charge is 0.411 e. The fraction of sp³-hybridized carbons (Fsp3) is 0.600. The molecule has 0 radical (unpaired) electrons. The normalized spacial score (nSPS) is 13.2. The summed E-state index contributed by atoms with van der Waals surface area (Å²) in [7, 11) is 0. The maximum Gasteiger partial charge on any atom is 0.411 e. The molecule has 0 aliphatic carbocycles. The van der Waals surface area contributed by atoms with Crippen LogP contribution in [0, 0.1) is 0 Å². The van der Waals surface area contributed by atoms with Crippen molar-refractivity contribution in [3.63, 3.8) is 0 Å². The highest BCUT2D eigenvalue weighted by atomic mass is 19.4. The Balaban J connectivity index is 2.15. The van der Waals surface area contributed by atoms with Gasteiger partial charge in [-0.3, -0.25) is 0 Å². The number of ether oxygens (including phenoxy) is 2. The first-order chi connectivity index (χ1) is 9.87. The largest absolute Gasteiger partial charge is 0.494 e. The van der Waals surface area contributed by atoms with E-state index in [0.29, 0.717) is 18.8 Å². The average molecular weight is 305 g/mol. The third-order valence-electron chi connectivity index (χ3n) is 2.78. The molecule has 3 nitrogen and oxygen atoms in total. The van der Waals surface area contributed by atoms with Gasteiger partial charge in [-0.05, 0) is 37.5 Å². The van der Waals surface area contributed by atoms with Gasteiger partial charge in [0.1, 0.15) is 12.4 Å². The van der Waals surface area contributed by atoms with E-state index in [1.165, 1.54) is 5.56 Å². The molecule has 6 heteroatoms. The topological polar surface area (TPSA) is 44.5 Å². The van der Waals surface area contributed by atoms with E-state index in [2.05, 4.69) is 4.74 Å². The third-order valence-corrected chi connectivity index (χ3v) is 2.78. The molecule has 1 unspecified atom stereocenters. The number of benzene rings is 1. The van der Waals surface area contributed by atoms with Crippen LogP contribution in [0.25, 0.3) is 0 Å². The van der Waals surface area contributed by atoms with Gasteiger partial charge in [0.2, 0.25) is 0 Å². The van der Waals surface area contributed by atoms with E-state index in [1.54, 1.807) is 0 Å². The van der Waals surface area contributed by atoms with E-state index in [9.17, 15) is 13.2 Å². The van der Waals surface area contributed by atoms with Gasteiger partial charge in [-0.1, -0.05) is 12.1 Å². The number of aryl methyl sites for hydroxylation is 1. The number of rotatable bonds is 9. The van der Waals surface area contributed by atoms with Gasteiger partial charge >= 0.3 is 6.18 Å². The van der Waals surface area contributed by atoms with Crippen molar-refractivity contribution in [3.8, 4) is 5.75 Å². The molecule has 0 saturated heterocycles. The second-order valence-corrected chi connectivity index (χ2v) is 5.03. The first-order valence-electron chi connectivity index (χ1n) is 6.98. The molecule has 0 amide bonds. The van der Waals surface area contributed by atoms with Gasteiger partial charge in [0.15, 0.2) is 0 Å². The van der Waals surface area contributed by atoms with Crippen LogP contribution in [0.3, 0.4) is 0 Å². The van der Waals surface area contributed by atoms with Crippen molar-refractivity contribution in [2.75, 3.05) is 19.8 Å². The highest BCUT2D eigenvalue weighted by molar-refractivity contribution is 5.27. The summed E-state index contributed by atoms with van der Waals surface area (Å²) in [5.74, 6) is 0.704. The number of hydrogen-bond donors (Lipinski definition) is 1. The Hall–Kier alpha value is -1.27. The molecule has 21 heavy (non-hydrogen) atoms. The van der Waals surface area contributed by atoms with Crippen molar-refractivity contribution in [2.24, 2.45) is 5.73 Å². The summed E-state index contributed by atoms with van der Waals surface area (Å²) in [6, 6.07) is 7.83. The summed E-state index contributed by atoms with van der Waals surface area (Å²) >= 11 is 0. The summed E-state index contributed by atoms with van der Waals surface area (Å²) in [6.07, 6.45) is -2.00. The summed E-state index contributed by atoms with van der Waals surface area (Å²) in [6.45, 7) is 1.13. The Morgan fingerprint density at radius 3 is 2.38 bits per heavy atom. The first-order valence-corrected chi connectivity index (χ1v) is 6.98. The molecule has 1 aromatic rings. The van der Waals surface area contributed by atoms with Crippen molar-refractivity contribution in [2.45, 2.75) is 38.4 Å². The van der Waals surface area contributed by atoms with Crippen LogP contribution in [0.1, 0.15) is 25.3 Å². The van der Waals surface area contributed by atoms with Crippen molar-refractivity contribution in [3.05, 3.63) is 29.8 Å². The van der Waals surface area contributed by atoms with Gasteiger partial charge in [0.05, 0.1) is 13.2 Å². The molecule has 0 aliphatic heterocycles. The fourth-order valence-electron chi connectivity index (χ4n) is 1.69. The minimum absolute atomic E-state index is 0.0337. The molecule has 0 aliphatic rings. The van der Waals surface area contributed by atoms with Gasteiger partial charge < -0.3 is 15.2 Å². The van der Waals surface area contributed by atoms with Crippen LogP contribution in [0.2, 0.25) is 0 Å². The van der Waals surface area contributed by atoms with Crippen LogP contribution in [-0.4, -0.2) is 32.0 Å². The van der Waals surface area contributed by atoms with E-state index in [0.717, 1.165) is 12.8 Å². The van der Waals surface area contributed by atoms with Crippen LogP contribution < -0.4 is 10.5 Å². The van der Waals surface area contributed by atoms with Gasteiger partial charge in [-0.25, -0.2) is 0 Å². The molecule has 1 atom stereocenters. The molecule has 0 bridgehead atoms. The van der Waals surface area contributed by atoms with Crippen molar-refractivity contribution < 1.29 is 22.6 Å². The van der Waals surface area contributed by atoms with E-state index in [-0.39, 0.29) is 12.6 Å². The third kappa shape index (κ3) is 9.31. The number of hydrogen-bond acceptors (Lipinski definition) is 3. The molecule has 0 fully saturated rings. The van der Waals surface area contributed by atoms with E-state index in [4.69, 9.17) is 10.5 Å². The van der Waals surface area contributed by atoms with Gasteiger partial charge in [0.25, 0.3) is 0 Å². The van der Waals surface area contributed by atoms with Crippen LogP contribution >= 0.6 is 0 Å². The Morgan fingerprint density at radius 2 is 1.81 bits per heavy atom. The van der Waals surface area contributed by atoms with Crippen molar-refractivity contribution >= 4 is 0 Å². The Morgan fingerprint density at radius 1 is 1.14 bits per heavy atom. The number of halogens is 3. The molecular weight excluding hydrogens is 283 g/mol. The quantitative estimate of drug-likeness (QED) is 0.712. The monoisotopic (exact) mass is 305 g/mol. The lowest BCUT2D eigenvalue weighted by Gasteiger charge is -2.09. The summed E-state index contributed by atoms with van der Waals surface area (Å²) in [5, 5.41) is 0. The van der Waals surface area contributed by atoms with Crippen molar-refractivity contribution in [1.29, 1.82) is 0 Å². The van der Waals surface area contributed by atoms with Crippen LogP contribution in [-0.2, 0) is 11.2 Å². The fourth-order valence-corrected chi connectivity index (χ4v) is 1.69. The minimum atomic E-state index is -4.27. The molecule has 0 heterocycles. The standard InChI is InChI=1S/C15H22F3NO2/c1-12(19)3-4-13-5-7-14(8-6-13)21-10-2-9-20-11-15(16,17)18/h5-8,12H,2-4,9-11,19H2,1H3. The number of alkyl halides is 3. The van der Waals surface area contributed by atoms with E-state index in [1.807, 2.05) is 31.2 Å². The lowest BCUT2D eigenvalue weighted by atomic mass is 10.1. The Bertz CT molecular complexity index is 391. The number of nitrogens with two attached hydrogens (primary N) is 1. The van der Waals surface area contributed by atoms with Crippen LogP contribution in [0.4, 0.5) is 13.2 Å². The summed E-state index contributed by atoms with van der Waals surface area (Å²) < 4.78 is 45.4. The van der Waals surface area contributed by atoms with Crippen LogP contribution in [0.15, 0.2) is 24.3 Å². The van der Waals surface area contributed by atoms with E-state index < -0.39 is 12.8 Å².